The number of allylic oxidation sites excluding steroid dienone is 5. The van der Waals surface area contributed by atoms with Gasteiger partial charge in [0.05, 0.1) is 17.7 Å². The Morgan fingerprint density at radius 2 is 1.65 bits per heavy atom. The van der Waals surface area contributed by atoms with Gasteiger partial charge in [0.15, 0.2) is 0 Å². The van der Waals surface area contributed by atoms with E-state index >= 15 is 0 Å². The number of hydrogen-bond acceptors (Lipinski definition) is 3. The maximum absolute atomic E-state index is 13.4. The number of dihydropyridines is 1. The lowest BCUT2D eigenvalue weighted by molar-refractivity contribution is -0.0884. The monoisotopic (exact) mass is 450 g/mol. The number of aliphatic hydroxyl groups excluding tert-OH is 1. The van der Waals surface area contributed by atoms with E-state index in [1.54, 1.807) is 0 Å². The second-order valence-corrected chi connectivity index (χ2v) is 7.68. The largest absolute Gasteiger partial charge is 0.432 e. The van der Waals surface area contributed by atoms with Crippen molar-refractivity contribution in [3.05, 3.63) is 47.1 Å². The summed E-state index contributed by atoms with van der Waals surface area (Å²) in [5, 5.41) is 10.8. The fourth-order valence-electron chi connectivity index (χ4n) is 3.49. The van der Waals surface area contributed by atoms with Crippen LogP contribution in [0, 0.1) is 0 Å². The number of fused-ring (bicyclic) bond motifs is 1. The van der Waals surface area contributed by atoms with Gasteiger partial charge in [-0.2, -0.15) is 26.3 Å². The molecule has 0 radical (unpaired) electrons. The van der Waals surface area contributed by atoms with Crippen molar-refractivity contribution in [2.45, 2.75) is 64.0 Å². The molecule has 9 heteroatoms. The number of rotatable bonds is 9. The van der Waals surface area contributed by atoms with E-state index in [9.17, 15) is 31.4 Å². The lowest BCUT2D eigenvalue weighted by atomic mass is 9.89. The van der Waals surface area contributed by atoms with E-state index in [0.29, 0.717) is 19.2 Å². The van der Waals surface area contributed by atoms with Gasteiger partial charge in [0.1, 0.15) is 5.71 Å². The van der Waals surface area contributed by atoms with Gasteiger partial charge < -0.3 is 10.0 Å². The van der Waals surface area contributed by atoms with Crippen LogP contribution in [0.3, 0.4) is 0 Å². The zero-order valence-corrected chi connectivity index (χ0v) is 17.6. The lowest BCUT2D eigenvalue weighted by Crippen LogP contribution is -2.38. The number of alkyl halides is 6. The smallest absolute Gasteiger partial charge is 0.387 e. The molecule has 0 bridgehead atoms. The van der Waals surface area contributed by atoms with Crippen molar-refractivity contribution in [1.29, 1.82) is 0 Å². The second kappa shape index (κ2) is 10.6. The molecule has 2 aliphatic rings. The first-order chi connectivity index (χ1) is 14.5. The number of aliphatic hydroxyl groups is 1. The number of hydrogen-bond donors (Lipinski definition) is 1. The van der Waals surface area contributed by atoms with E-state index in [1.165, 1.54) is 6.08 Å². The van der Waals surface area contributed by atoms with Crippen LogP contribution in [-0.4, -0.2) is 59.9 Å². The van der Waals surface area contributed by atoms with Crippen LogP contribution in [0.25, 0.3) is 0 Å². The Bertz CT molecular complexity index is 766. The van der Waals surface area contributed by atoms with Crippen molar-refractivity contribution in [1.82, 2.24) is 4.90 Å². The average molecular weight is 450 g/mol. The van der Waals surface area contributed by atoms with E-state index in [4.69, 9.17) is 0 Å². The van der Waals surface area contributed by atoms with Crippen LogP contribution in [-0.2, 0) is 0 Å². The molecular formula is C22H28F6N2O. The molecule has 0 amide bonds. The summed E-state index contributed by atoms with van der Waals surface area (Å²) in [6, 6.07) is -1.47. The third kappa shape index (κ3) is 7.07. The highest BCUT2D eigenvalue weighted by molar-refractivity contribution is 6.02. The Balaban J connectivity index is 2.39. The standard InChI is InChI=1S/C22H28F6N2O/c1-3-5-10-30(11-6-4-2)14-19(31)17-13-20(22(26,27)28)29-18-12-15(21(23,24)25)8-7-9-16(17)18/h7-9,12-13,18-19,31H,3-6,10-11,14H2,1-2H3. The molecule has 0 aromatic heterocycles. The third-order valence-electron chi connectivity index (χ3n) is 5.18. The van der Waals surface area contributed by atoms with E-state index in [1.807, 2.05) is 18.7 Å². The van der Waals surface area contributed by atoms with Crippen molar-refractivity contribution in [2.24, 2.45) is 4.99 Å². The molecule has 2 unspecified atom stereocenters. The Morgan fingerprint density at radius 3 is 2.16 bits per heavy atom. The molecule has 0 saturated heterocycles. The van der Waals surface area contributed by atoms with E-state index in [2.05, 4.69) is 4.99 Å². The molecule has 0 aromatic rings. The second-order valence-electron chi connectivity index (χ2n) is 7.68. The van der Waals surface area contributed by atoms with Crippen LogP contribution in [0.15, 0.2) is 52.1 Å². The van der Waals surface area contributed by atoms with Crippen molar-refractivity contribution < 1.29 is 31.4 Å². The van der Waals surface area contributed by atoms with Crippen LogP contribution in [0.5, 0.6) is 0 Å². The number of aliphatic imine (C=N–C) groups is 1. The maximum atomic E-state index is 13.4. The minimum Gasteiger partial charge on any atom is -0.387 e. The summed E-state index contributed by atoms with van der Waals surface area (Å²) in [7, 11) is 0. The number of nitrogens with zero attached hydrogens (tertiary/aromatic N) is 2. The topological polar surface area (TPSA) is 35.8 Å². The van der Waals surface area contributed by atoms with Crippen LogP contribution < -0.4 is 0 Å². The minimum atomic E-state index is -4.84. The normalized spacial score (nSPS) is 20.5. The highest BCUT2D eigenvalue weighted by atomic mass is 19.4. The molecule has 1 aliphatic heterocycles. The van der Waals surface area contributed by atoms with Crippen molar-refractivity contribution in [2.75, 3.05) is 19.6 Å². The minimum absolute atomic E-state index is 0.0466. The van der Waals surface area contributed by atoms with Crippen LogP contribution in [0.4, 0.5) is 26.3 Å². The van der Waals surface area contributed by atoms with Crippen molar-refractivity contribution in [3.8, 4) is 0 Å². The van der Waals surface area contributed by atoms with E-state index in [-0.39, 0.29) is 17.7 Å². The van der Waals surface area contributed by atoms with Crippen LogP contribution >= 0.6 is 0 Å². The molecule has 1 heterocycles. The fourth-order valence-corrected chi connectivity index (χ4v) is 3.49. The summed E-state index contributed by atoms with van der Waals surface area (Å²) in [4.78, 5) is 5.50. The van der Waals surface area contributed by atoms with Crippen molar-refractivity contribution in [3.63, 3.8) is 0 Å². The molecule has 174 valence electrons. The molecule has 1 N–H and O–H groups in total. The molecule has 31 heavy (non-hydrogen) atoms. The summed E-state index contributed by atoms with van der Waals surface area (Å²) in [5.74, 6) is 0. The summed E-state index contributed by atoms with van der Waals surface area (Å²) in [5.41, 5.74) is -2.27. The highest BCUT2D eigenvalue weighted by Crippen LogP contribution is 2.36. The first kappa shape index (κ1) is 25.4. The molecule has 2 atom stereocenters. The van der Waals surface area contributed by atoms with Crippen LogP contribution in [0.1, 0.15) is 39.5 Å². The molecule has 0 saturated carbocycles. The Labute approximate surface area is 178 Å². The third-order valence-corrected chi connectivity index (χ3v) is 5.18. The molecular weight excluding hydrogens is 422 g/mol. The summed E-state index contributed by atoms with van der Waals surface area (Å²) in [6.07, 6.45) is -2.59. The quantitative estimate of drug-likeness (QED) is 0.468. The van der Waals surface area contributed by atoms with E-state index in [0.717, 1.165) is 43.9 Å². The zero-order chi connectivity index (χ0) is 23.2. The predicted molar refractivity (Wildman–Crippen MR) is 109 cm³/mol. The molecule has 0 aromatic carbocycles. The predicted octanol–water partition coefficient (Wildman–Crippen LogP) is 5.55. The summed E-state index contributed by atoms with van der Waals surface area (Å²) in [6.45, 7) is 5.49. The van der Waals surface area contributed by atoms with Gasteiger partial charge in [-0.15, -0.1) is 0 Å². The Morgan fingerprint density at radius 1 is 1.03 bits per heavy atom. The average Bonchev–Trinajstić information content (AvgIpc) is 2.90. The molecule has 3 nitrogen and oxygen atoms in total. The van der Waals surface area contributed by atoms with Crippen molar-refractivity contribution >= 4 is 5.71 Å². The lowest BCUT2D eigenvalue weighted by Gasteiger charge is -2.30. The SMILES string of the molecule is CCCCN(CCCC)CC(O)C1=CC(C(F)(F)F)=NC2C=C(C(F)(F)F)C=CC=C12. The Kier molecular flexibility index (Phi) is 8.71. The van der Waals surface area contributed by atoms with E-state index < -0.39 is 35.8 Å². The zero-order valence-electron chi connectivity index (χ0n) is 17.6. The van der Waals surface area contributed by atoms with Gasteiger partial charge in [-0.25, -0.2) is 0 Å². The van der Waals surface area contributed by atoms with Gasteiger partial charge in [-0.1, -0.05) is 44.9 Å². The van der Waals surface area contributed by atoms with Gasteiger partial charge in [0.2, 0.25) is 0 Å². The van der Waals surface area contributed by atoms with Gasteiger partial charge in [-0.05, 0) is 49.2 Å². The molecule has 0 fully saturated rings. The first-order valence-corrected chi connectivity index (χ1v) is 10.4. The maximum Gasteiger partial charge on any atom is 0.432 e. The fraction of sp³-hybridized carbons (Fsp3) is 0.591. The van der Waals surface area contributed by atoms with Gasteiger partial charge in [0, 0.05) is 6.54 Å². The summed E-state index contributed by atoms with van der Waals surface area (Å²) < 4.78 is 79.8. The number of unbranched alkanes of at least 4 members (excludes halogenated alkanes) is 2. The van der Waals surface area contributed by atoms with Gasteiger partial charge in [0.25, 0.3) is 0 Å². The highest BCUT2D eigenvalue weighted by Gasteiger charge is 2.41. The first-order valence-electron chi connectivity index (χ1n) is 10.4. The van der Waals surface area contributed by atoms with Crippen LogP contribution in [0.2, 0.25) is 0 Å². The van der Waals surface area contributed by atoms with Gasteiger partial charge in [-0.3, -0.25) is 4.99 Å². The molecule has 2 rings (SSSR count). The molecule has 0 spiro atoms. The molecule has 1 aliphatic carbocycles. The number of halogens is 6. The van der Waals surface area contributed by atoms with Gasteiger partial charge >= 0.3 is 12.4 Å². The summed E-state index contributed by atoms with van der Waals surface area (Å²) >= 11 is 0. The Hall–Kier alpha value is -1.87.